The van der Waals surface area contributed by atoms with Gasteiger partial charge < -0.3 is 30.2 Å². The van der Waals surface area contributed by atoms with Crippen LogP contribution in [0.4, 0.5) is 5.69 Å². The van der Waals surface area contributed by atoms with Gasteiger partial charge in [-0.2, -0.15) is 0 Å². The number of nitrogens with zero attached hydrogens (tertiary/aromatic N) is 2. The van der Waals surface area contributed by atoms with E-state index in [1.807, 2.05) is 13.8 Å². The molecule has 1 aromatic heterocycles. The van der Waals surface area contributed by atoms with Crippen molar-refractivity contribution < 1.29 is 33.3 Å². The lowest BCUT2D eigenvalue weighted by molar-refractivity contribution is -0.388. The summed E-state index contributed by atoms with van der Waals surface area (Å²) in [4.78, 5) is 42.3. The van der Waals surface area contributed by atoms with Crippen LogP contribution in [0.15, 0.2) is 47.5 Å². The van der Waals surface area contributed by atoms with E-state index in [4.69, 9.17) is 9.47 Å². The fraction of sp³-hybridized carbons (Fsp3) is 0.357. The van der Waals surface area contributed by atoms with E-state index in [0.717, 1.165) is 6.07 Å². The summed E-state index contributed by atoms with van der Waals surface area (Å²) in [6.45, 7) is 7.77. The third-order valence-electron chi connectivity index (χ3n) is 7.67. The van der Waals surface area contributed by atoms with E-state index >= 15 is 0 Å². The molecule has 3 unspecified atom stereocenters. The van der Waals surface area contributed by atoms with Crippen LogP contribution < -0.4 is 20.1 Å². The molecule has 6 rings (SSSR count). The number of piperazine rings is 1. The molecule has 1 aliphatic carbocycles. The number of aromatic nitrogens is 1. The van der Waals surface area contributed by atoms with Gasteiger partial charge in [-0.25, -0.2) is 8.51 Å². The molecule has 1 saturated heterocycles. The first kappa shape index (κ1) is 28.0. The van der Waals surface area contributed by atoms with Crippen molar-refractivity contribution in [2.75, 3.05) is 26.2 Å². The van der Waals surface area contributed by atoms with Crippen LogP contribution in [0.2, 0.25) is 0 Å². The molecule has 1 amide bonds. The molecule has 3 aliphatic rings. The Morgan fingerprint density at radius 3 is 2.67 bits per heavy atom. The first-order chi connectivity index (χ1) is 20.0. The van der Waals surface area contributed by atoms with E-state index in [0.29, 0.717) is 42.5 Å². The van der Waals surface area contributed by atoms with Gasteiger partial charge in [0.05, 0.1) is 11.0 Å². The van der Waals surface area contributed by atoms with Crippen LogP contribution >= 0.6 is 0 Å². The number of H-pyrrole nitrogens is 1. The maximum absolute atomic E-state index is 14.2. The van der Waals surface area contributed by atoms with Crippen molar-refractivity contribution in [3.8, 4) is 11.5 Å². The zero-order valence-corrected chi connectivity index (χ0v) is 23.9. The minimum atomic E-state index is -2.65. The fourth-order valence-corrected chi connectivity index (χ4v) is 7.12. The summed E-state index contributed by atoms with van der Waals surface area (Å²) in [6.07, 6.45) is -0.194. The lowest BCUT2D eigenvalue weighted by atomic mass is 9.82. The number of nitrogens with one attached hydrogen (secondary N) is 3. The molecule has 3 atom stereocenters. The average Bonchev–Trinajstić information content (AvgIpc) is 3.52. The Kier molecular flexibility index (Phi) is 6.68. The summed E-state index contributed by atoms with van der Waals surface area (Å²) >= 11 is 0. The van der Waals surface area contributed by atoms with Gasteiger partial charge in [-0.1, -0.05) is 12.1 Å². The molecule has 3 aromatic rings. The zero-order chi connectivity index (χ0) is 30.0. The molecule has 3 heterocycles. The number of hydrogen-bond acceptors (Lipinski definition) is 9. The molecule has 0 spiro atoms. The van der Waals surface area contributed by atoms with E-state index in [2.05, 4.69) is 15.6 Å². The van der Waals surface area contributed by atoms with Crippen LogP contribution in [0.3, 0.4) is 0 Å². The molecule has 2 aromatic carbocycles. The molecule has 14 heteroatoms. The molecule has 13 nitrogen and oxygen atoms in total. The topological polar surface area (TPSA) is 176 Å². The second-order valence-corrected chi connectivity index (χ2v) is 12.1. The van der Waals surface area contributed by atoms with Crippen LogP contribution in [-0.2, 0) is 22.3 Å². The maximum atomic E-state index is 14.2. The van der Waals surface area contributed by atoms with Gasteiger partial charge in [0, 0.05) is 49.4 Å². The van der Waals surface area contributed by atoms with Crippen molar-refractivity contribution in [2.24, 2.45) is 0 Å². The number of carbonyl (C=O) groups is 2. The third-order valence-corrected chi connectivity index (χ3v) is 9.11. The number of Topliss-reactive ketones (excluding diaryl/α,β-unsaturated/α-hetero) is 1. The first-order valence-corrected chi connectivity index (χ1v) is 14.5. The second-order valence-electron chi connectivity index (χ2n) is 10.7. The summed E-state index contributed by atoms with van der Waals surface area (Å²) in [7, 11) is -1.56. The number of amides is 1. The number of aliphatic hydroxyl groups is 1. The number of nitro benzene ring substituents is 1. The van der Waals surface area contributed by atoms with E-state index in [-0.39, 0.29) is 34.2 Å². The normalized spacial score (nSPS) is 23.6. The average molecular weight is 596 g/mol. The molecule has 2 aliphatic heterocycles. The highest BCUT2D eigenvalue weighted by Gasteiger charge is 2.73. The number of hydrogen-bond donors (Lipinski definition) is 4. The van der Waals surface area contributed by atoms with Crippen molar-refractivity contribution >= 4 is 28.4 Å². The van der Waals surface area contributed by atoms with Gasteiger partial charge in [0.2, 0.25) is 11.3 Å². The van der Waals surface area contributed by atoms with Gasteiger partial charge in [-0.15, -0.1) is 0 Å². The Morgan fingerprint density at radius 2 is 1.98 bits per heavy atom. The number of ketones is 1. The van der Waals surface area contributed by atoms with Gasteiger partial charge in [-0.3, -0.25) is 19.7 Å². The summed E-state index contributed by atoms with van der Waals surface area (Å²) < 4.78 is 26.7. The molecule has 0 bridgehead atoms. The van der Waals surface area contributed by atoms with Gasteiger partial charge in [0.1, 0.15) is 38.8 Å². The van der Waals surface area contributed by atoms with E-state index in [1.165, 1.54) is 24.3 Å². The standard InChI is InChI=1S/C28H29N5O8S/c1-15(2)40-17-7-8-19-21(14-17)41-28(36)23-18(5-4-6-20(23)33(37)38)25(34)27(19,28)31-26(35)24-16(3)13-22(30-24)42(39)32-11-9-29-10-12-32/h4-8,13-15,29-30,36H,9-12H2,1-3H3,(H,31,35). The monoisotopic (exact) mass is 595 g/mol. The highest BCUT2D eigenvalue weighted by atomic mass is 32.2. The van der Waals surface area contributed by atoms with E-state index in [9.17, 15) is 29.0 Å². The number of nitro groups is 1. The molecular formula is C28H29N5O8S. The quantitative estimate of drug-likeness (QED) is 0.235. The lowest BCUT2D eigenvalue weighted by Gasteiger charge is -2.34. The summed E-state index contributed by atoms with van der Waals surface area (Å²) in [5.41, 5.74) is -2.71. The van der Waals surface area contributed by atoms with Gasteiger partial charge in [-0.05, 0) is 44.5 Å². The number of ether oxygens (including phenoxy) is 2. The summed E-state index contributed by atoms with van der Waals surface area (Å²) in [6, 6.07) is 9.98. The number of aromatic amines is 1. The van der Waals surface area contributed by atoms with Gasteiger partial charge in [0.15, 0.2) is 0 Å². The van der Waals surface area contributed by atoms with E-state index < -0.39 is 44.6 Å². The first-order valence-electron chi connectivity index (χ1n) is 13.4. The van der Waals surface area contributed by atoms with Crippen molar-refractivity contribution in [3.05, 3.63) is 80.5 Å². The summed E-state index contributed by atoms with van der Waals surface area (Å²) in [5, 5.41) is 30.4. The molecule has 0 saturated carbocycles. The molecule has 4 N–H and O–H groups in total. The van der Waals surface area contributed by atoms with Crippen LogP contribution in [0.5, 0.6) is 11.5 Å². The highest BCUT2D eigenvalue weighted by Crippen LogP contribution is 2.60. The van der Waals surface area contributed by atoms with Crippen LogP contribution in [-0.4, -0.2) is 67.5 Å². The number of benzene rings is 2. The number of fused-ring (bicyclic) bond motifs is 5. The van der Waals surface area contributed by atoms with Crippen LogP contribution in [0.1, 0.15) is 51.4 Å². The zero-order valence-electron chi connectivity index (χ0n) is 23.1. The molecule has 0 radical (unpaired) electrons. The number of rotatable bonds is 7. The Hall–Kier alpha value is -4.11. The number of carbonyl (C=O) groups excluding carboxylic acids is 2. The minimum Gasteiger partial charge on any atom is -0.491 e. The summed E-state index contributed by atoms with van der Waals surface area (Å²) in [5.74, 6) is -3.81. The van der Waals surface area contributed by atoms with E-state index in [1.54, 1.807) is 23.4 Å². The predicted octanol–water partition coefficient (Wildman–Crippen LogP) is 2.01. The predicted molar refractivity (Wildman–Crippen MR) is 150 cm³/mol. The SMILES string of the molecule is Cc1cc(S(=O)N2CCNCC2)[nH]c1C(=O)NC12C(=O)c3cccc([N+](=O)[O-])c3C1(O)Oc1cc(OC(C)C)ccc12. The smallest absolute Gasteiger partial charge is 0.280 e. The Balaban J connectivity index is 1.45. The molecule has 1 fully saturated rings. The van der Waals surface area contributed by atoms with Crippen molar-refractivity contribution in [3.63, 3.8) is 0 Å². The second kappa shape index (κ2) is 10.0. The van der Waals surface area contributed by atoms with Crippen molar-refractivity contribution in [1.82, 2.24) is 19.9 Å². The third kappa shape index (κ3) is 4.05. The molecule has 220 valence electrons. The van der Waals surface area contributed by atoms with Gasteiger partial charge >= 0.3 is 0 Å². The van der Waals surface area contributed by atoms with Crippen molar-refractivity contribution in [1.29, 1.82) is 0 Å². The number of aryl methyl sites for hydroxylation is 1. The Bertz CT molecular complexity index is 1670. The van der Waals surface area contributed by atoms with Crippen LogP contribution in [0, 0.1) is 17.0 Å². The Labute approximate surface area is 242 Å². The van der Waals surface area contributed by atoms with Crippen molar-refractivity contribution in [2.45, 2.75) is 43.2 Å². The fourth-order valence-electron chi connectivity index (χ4n) is 5.86. The highest BCUT2D eigenvalue weighted by molar-refractivity contribution is 7.82. The largest absolute Gasteiger partial charge is 0.491 e. The lowest BCUT2D eigenvalue weighted by Crippen LogP contribution is -2.60. The maximum Gasteiger partial charge on any atom is 0.280 e. The van der Waals surface area contributed by atoms with Gasteiger partial charge in [0.25, 0.3) is 17.4 Å². The molecular weight excluding hydrogens is 566 g/mol. The van der Waals surface area contributed by atoms with Crippen LogP contribution in [0.25, 0.3) is 0 Å². The molecule has 42 heavy (non-hydrogen) atoms. The Morgan fingerprint density at radius 1 is 1.24 bits per heavy atom. The minimum absolute atomic E-state index is 0.0247.